The summed E-state index contributed by atoms with van der Waals surface area (Å²) in [6.45, 7) is 4.84. The molecule has 184 valence electrons. The van der Waals surface area contributed by atoms with Gasteiger partial charge in [0.15, 0.2) is 12.0 Å². The smallest absolute Gasteiger partial charge is 0.216 e. The van der Waals surface area contributed by atoms with Crippen molar-refractivity contribution in [3.63, 3.8) is 0 Å². The van der Waals surface area contributed by atoms with Crippen LogP contribution in [0.1, 0.15) is 44.3 Å². The summed E-state index contributed by atoms with van der Waals surface area (Å²) < 4.78 is 50.8. The van der Waals surface area contributed by atoms with E-state index >= 15 is 0 Å². The molecule has 0 spiro atoms. The molecule has 0 saturated heterocycles. The van der Waals surface area contributed by atoms with Crippen molar-refractivity contribution in [1.29, 1.82) is 0 Å². The Morgan fingerprint density at radius 2 is 1.81 bits per heavy atom. The van der Waals surface area contributed by atoms with Crippen LogP contribution in [0.4, 0.5) is 0 Å². The first kappa shape index (κ1) is 18.2. The van der Waals surface area contributed by atoms with Crippen molar-refractivity contribution in [2.24, 2.45) is 12.5 Å². The van der Waals surface area contributed by atoms with E-state index in [1.165, 1.54) is 6.20 Å². The summed E-state index contributed by atoms with van der Waals surface area (Å²) >= 11 is 0. The van der Waals surface area contributed by atoms with Gasteiger partial charge in [0, 0.05) is 46.4 Å². The fraction of sp³-hybridized carbons (Fsp3) is 0.242. The molecule has 6 rings (SSSR count). The molecule has 0 atom stereocenters. The highest BCUT2D eigenvalue weighted by molar-refractivity contribution is 6.12. The lowest BCUT2D eigenvalue weighted by atomic mass is 9.86. The van der Waals surface area contributed by atoms with E-state index in [-0.39, 0.29) is 11.1 Å². The Bertz CT molecular complexity index is 2010. The predicted octanol–water partition coefficient (Wildman–Crippen LogP) is 7.89. The standard InChI is InChI=1S/C33H32N3O/c1-20-12-13-25-26-16-27-24(18-34-32(35-27)22-10-8-7-9-11-22)15-29(26)37-31(25)30(20)28-14-23(17-33(3,4)5)21(2)19-36(28)6/h7-16,18-19H,17H2,1-6H3/q+1/i2D3,17D2. The Morgan fingerprint density at radius 3 is 2.57 bits per heavy atom. The summed E-state index contributed by atoms with van der Waals surface area (Å²) in [7, 11) is 1.79. The van der Waals surface area contributed by atoms with Gasteiger partial charge < -0.3 is 4.42 Å². The minimum atomic E-state index is -2.48. The summed E-state index contributed by atoms with van der Waals surface area (Å²) in [5.74, 6) is 0.647. The molecule has 0 saturated carbocycles. The molecular formula is C33H32N3O+. The van der Waals surface area contributed by atoms with Crippen LogP contribution in [0.3, 0.4) is 0 Å². The fourth-order valence-corrected chi connectivity index (χ4v) is 4.91. The topological polar surface area (TPSA) is 42.8 Å². The van der Waals surface area contributed by atoms with Crippen molar-refractivity contribution >= 4 is 32.8 Å². The number of pyridine rings is 1. The largest absolute Gasteiger partial charge is 0.455 e. The Balaban J connectivity index is 1.61. The summed E-state index contributed by atoms with van der Waals surface area (Å²) in [5.41, 5.74) is 4.78. The number of fused-ring (bicyclic) bond motifs is 4. The summed E-state index contributed by atoms with van der Waals surface area (Å²) in [4.78, 5) is 9.41. The summed E-state index contributed by atoms with van der Waals surface area (Å²) in [5, 5.41) is 2.66. The second kappa shape index (κ2) is 8.52. The SMILES string of the molecule is [2H]C([2H])([2H])c1c[n+](C)c(-c2c(C)ccc3c2oc2cc4cnc(-c5ccccc5)nc4cc23)cc1C([2H])([2H])C(C)(C)C. The average molecular weight is 492 g/mol. The first-order valence-corrected chi connectivity index (χ1v) is 12.4. The number of furan rings is 1. The maximum atomic E-state index is 9.01. The number of aromatic nitrogens is 3. The highest BCUT2D eigenvalue weighted by Crippen LogP contribution is 2.39. The quantitative estimate of drug-likeness (QED) is 0.236. The predicted molar refractivity (Wildman–Crippen MR) is 151 cm³/mol. The van der Waals surface area contributed by atoms with Crippen LogP contribution in [-0.4, -0.2) is 9.97 Å². The number of rotatable bonds is 3. The van der Waals surface area contributed by atoms with Gasteiger partial charge >= 0.3 is 0 Å². The third-order valence-corrected chi connectivity index (χ3v) is 6.62. The van der Waals surface area contributed by atoms with Gasteiger partial charge in [-0.1, -0.05) is 63.2 Å². The molecule has 0 aliphatic carbocycles. The number of benzene rings is 3. The molecule has 0 N–H and O–H groups in total. The molecule has 0 aliphatic rings. The molecule has 4 nitrogen and oxygen atoms in total. The molecule has 3 aromatic carbocycles. The molecule has 3 heterocycles. The highest BCUT2D eigenvalue weighted by atomic mass is 16.3. The molecule has 0 radical (unpaired) electrons. The maximum Gasteiger partial charge on any atom is 0.216 e. The van der Waals surface area contributed by atoms with Gasteiger partial charge in [-0.2, -0.15) is 0 Å². The van der Waals surface area contributed by atoms with Gasteiger partial charge in [-0.25, -0.2) is 14.5 Å². The van der Waals surface area contributed by atoms with Crippen molar-refractivity contribution in [3.8, 4) is 22.6 Å². The minimum Gasteiger partial charge on any atom is -0.455 e. The molecular weight excluding hydrogens is 454 g/mol. The lowest BCUT2D eigenvalue weighted by Gasteiger charge is -2.19. The average Bonchev–Trinajstić information content (AvgIpc) is 3.28. The Morgan fingerprint density at radius 1 is 1.00 bits per heavy atom. The molecule has 0 amide bonds. The lowest BCUT2D eigenvalue weighted by molar-refractivity contribution is -0.660. The molecule has 0 bridgehead atoms. The van der Waals surface area contributed by atoms with Crippen molar-refractivity contribution in [2.75, 3.05) is 0 Å². The molecule has 37 heavy (non-hydrogen) atoms. The third-order valence-electron chi connectivity index (χ3n) is 6.62. The van der Waals surface area contributed by atoms with Crippen LogP contribution in [-0.2, 0) is 13.4 Å². The molecule has 4 heteroatoms. The fourth-order valence-electron chi connectivity index (χ4n) is 4.91. The van der Waals surface area contributed by atoms with Crippen LogP contribution >= 0.6 is 0 Å². The number of aryl methyl sites for hydroxylation is 3. The van der Waals surface area contributed by atoms with Gasteiger partial charge in [0.1, 0.15) is 18.2 Å². The Hall–Kier alpha value is -4.05. The van der Waals surface area contributed by atoms with Gasteiger partial charge in [-0.3, -0.25) is 0 Å². The van der Waals surface area contributed by atoms with Crippen LogP contribution < -0.4 is 4.57 Å². The Kier molecular flexibility index (Phi) is 4.20. The Labute approximate surface area is 224 Å². The summed E-state index contributed by atoms with van der Waals surface area (Å²) in [6.07, 6.45) is 1.43. The minimum absolute atomic E-state index is 0.00199. The van der Waals surface area contributed by atoms with Crippen LogP contribution in [0.25, 0.3) is 55.5 Å². The molecule has 0 unspecified atom stereocenters. The number of nitrogens with zero attached hydrogens (tertiary/aromatic N) is 3. The van der Waals surface area contributed by atoms with Crippen molar-refractivity contribution in [1.82, 2.24) is 9.97 Å². The number of hydrogen-bond donors (Lipinski definition) is 0. The van der Waals surface area contributed by atoms with Crippen LogP contribution in [0, 0.1) is 19.2 Å². The van der Waals surface area contributed by atoms with E-state index < -0.39 is 18.6 Å². The molecule has 6 aromatic rings. The normalized spacial score (nSPS) is 14.9. The molecule has 0 fully saturated rings. The highest BCUT2D eigenvalue weighted by Gasteiger charge is 2.24. The van der Waals surface area contributed by atoms with Gasteiger partial charge in [0.05, 0.1) is 11.1 Å². The second-order valence-electron chi connectivity index (χ2n) is 10.7. The monoisotopic (exact) mass is 491 g/mol. The van der Waals surface area contributed by atoms with Crippen molar-refractivity contribution in [2.45, 2.75) is 40.9 Å². The van der Waals surface area contributed by atoms with E-state index in [1.54, 1.807) is 44.6 Å². The van der Waals surface area contributed by atoms with E-state index in [2.05, 4.69) is 4.98 Å². The van der Waals surface area contributed by atoms with Crippen LogP contribution in [0.2, 0.25) is 0 Å². The summed E-state index contributed by atoms with van der Waals surface area (Å²) in [6, 6.07) is 19.5. The van der Waals surface area contributed by atoms with Crippen LogP contribution in [0.5, 0.6) is 0 Å². The zero-order chi connectivity index (χ0) is 30.2. The zero-order valence-electron chi connectivity index (χ0n) is 26.7. The van der Waals surface area contributed by atoms with Crippen LogP contribution in [0.15, 0.2) is 77.5 Å². The van der Waals surface area contributed by atoms with E-state index in [0.717, 1.165) is 38.4 Å². The first-order valence-electron chi connectivity index (χ1n) is 14.9. The maximum absolute atomic E-state index is 9.01. The lowest BCUT2D eigenvalue weighted by Crippen LogP contribution is -2.32. The van der Waals surface area contributed by atoms with Gasteiger partial charge in [0.25, 0.3) is 0 Å². The van der Waals surface area contributed by atoms with E-state index in [4.69, 9.17) is 16.3 Å². The van der Waals surface area contributed by atoms with Gasteiger partial charge in [-0.05, 0) is 48.8 Å². The second-order valence-corrected chi connectivity index (χ2v) is 10.7. The van der Waals surface area contributed by atoms with Gasteiger partial charge in [-0.15, -0.1) is 0 Å². The van der Waals surface area contributed by atoms with E-state index in [1.807, 2.05) is 61.5 Å². The van der Waals surface area contributed by atoms with Crippen molar-refractivity contribution in [3.05, 3.63) is 89.7 Å². The zero-order valence-corrected chi connectivity index (χ0v) is 21.7. The molecule has 3 aromatic heterocycles. The van der Waals surface area contributed by atoms with Crippen molar-refractivity contribution < 1.29 is 15.8 Å². The van der Waals surface area contributed by atoms with E-state index in [0.29, 0.717) is 22.7 Å². The molecule has 0 aliphatic heterocycles. The third kappa shape index (κ3) is 4.17. The van der Waals surface area contributed by atoms with E-state index in [9.17, 15) is 0 Å². The number of hydrogen-bond acceptors (Lipinski definition) is 3. The van der Waals surface area contributed by atoms with Gasteiger partial charge in [0.2, 0.25) is 5.69 Å². The first-order chi connectivity index (χ1) is 19.7.